The number of aliphatic hydroxyl groups excluding tert-OH is 1. The molecule has 0 amide bonds. The van der Waals surface area contributed by atoms with Crippen molar-refractivity contribution in [3.05, 3.63) is 11.1 Å². The van der Waals surface area contributed by atoms with Gasteiger partial charge in [-0.1, -0.05) is 6.92 Å². The zero-order valence-electron chi connectivity index (χ0n) is 4.73. The largest absolute Gasteiger partial charge is 0.384 e. The molecule has 0 aliphatic heterocycles. The minimum atomic E-state index is -0.134. The third-order valence-corrected chi connectivity index (χ3v) is 1.54. The molecule has 7 heavy (non-hydrogen) atoms. The fraction of sp³-hybridized carbons (Fsp3) is 0.667. The fourth-order valence-electron chi connectivity index (χ4n) is 0.845. The highest BCUT2D eigenvalue weighted by molar-refractivity contribution is 5.40. The van der Waals surface area contributed by atoms with E-state index in [1.54, 1.807) is 0 Å². The van der Waals surface area contributed by atoms with Gasteiger partial charge in [0.1, 0.15) is 0 Å². The molecule has 1 unspecified atom stereocenters. The third-order valence-electron chi connectivity index (χ3n) is 1.54. The summed E-state index contributed by atoms with van der Waals surface area (Å²) in [7, 11) is 0. The summed E-state index contributed by atoms with van der Waals surface area (Å²) in [6, 6.07) is 0. The van der Waals surface area contributed by atoms with Crippen molar-refractivity contribution in [1.82, 2.24) is 0 Å². The van der Waals surface area contributed by atoms with Crippen LogP contribution in [0.4, 0.5) is 0 Å². The highest BCUT2D eigenvalue weighted by Crippen LogP contribution is 2.32. The van der Waals surface area contributed by atoms with Gasteiger partial charge < -0.3 is 5.11 Å². The molecule has 1 atom stereocenters. The molecular formula is C6H10O. The summed E-state index contributed by atoms with van der Waals surface area (Å²) < 4.78 is 0. The zero-order valence-corrected chi connectivity index (χ0v) is 4.73. The van der Waals surface area contributed by atoms with E-state index in [1.807, 2.05) is 6.92 Å². The zero-order chi connectivity index (χ0) is 5.44. The average molecular weight is 98.1 g/mol. The van der Waals surface area contributed by atoms with Crippen LogP contribution in [-0.4, -0.2) is 11.2 Å². The Morgan fingerprint density at radius 3 is 2.14 bits per heavy atom. The molecule has 1 heteroatoms. The van der Waals surface area contributed by atoms with Gasteiger partial charge in [-0.05, 0) is 24.5 Å². The van der Waals surface area contributed by atoms with Crippen LogP contribution in [0.25, 0.3) is 0 Å². The van der Waals surface area contributed by atoms with Crippen molar-refractivity contribution in [2.24, 2.45) is 0 Å². The van der Waals surface area contributed by atoms with E-state index in [1.165, 1.54) is 11.1 Å². The Balaban J connectivity index is 2.44. The second-order valence-electron chi connectivity index (χ2n) is 1.96. The molecule has 0 fully saturated rings. The third kappa shape index (κ3) is 0.570. The number of hydrogen-bond acceptors (Lipinski definition) is 1. The molecule has 1 aliphatic carbocycles. The van der Waals surface area contributed by atoms with E-state index in [2.05, 4.69) is 6.92 Å². The molecule has 0 heterocycles. The van der Waals surface area contributed by atoms with Gasteiger partial charge in [-0.3, -0.25) is 0 Å². The van der Waals surface area contributed by atoms with Gasteiger partial charge in [-0.2, -0.15) is 0 Å². The normalized spacial score (nSPS) is 28.7. The first-order chi connectivity index (χ1) is 3.27. The van der Waals surface area contributed by atoms with Gasteiger partial charge in [0, 0.05) is 0 Å². The molecule has 0 bridgehead atoms. The van der Waals surface area contributed by atoms with Crippen LogP contribution in [0.2, 0.25) is 0 Å². The van der Waals surface area contributed by atoms with Crippen LogP contribution in [0.15, 0.2) is 11.1 Å². The topological polar surface area (TPSA) is 20.2 Å². The van der Waals surface area contributed by atoms with Crippen LogP contribution in [0.1, 0.15) is 20.3 Å². The Labute approximate surface area is 43.7 Å². The first-order valence-electron chi connectivity index (χ1n) is 2.65. The van der Waals surface area contributed by atoms with Gasteiger partial charge in [-0.25, -0.2) is 0 Å². The van der Waals surface area contributed by atoms with Gasteiger partial charge in [0.05, 0.1) is 6.10 Å². The number of aliphatic hydroxyl groups is 1. The Kier molecular flexibility index (Phi) is 0.927. The van der Waals surface area contributed by atoms with Crippen molar-refractivity contribution in [2.75, 3.05) is 0 Å². The maximum Gasteiger partial charge on any atom is 0.0965 e. The molecule has 1 nitrogen and oxygen atoms in total. The first kappa shape index (κ1) is 4.85. The molecule has 0 aromatic carbocycles. The van der Waals surface area contributed by atoms with Crippen molar-refractivity contribution >= 4 is 0 Å². The summed E-state index contributed by atoms with van der Waals surface area (Å²) in [4.78, 5) is 0. The SMILES string of the molecule is CCC1=C(C)C1O. The van der Waals surface area contributed by atoms with Crippen LogP contribution >= 0.6 is 0 Å². The lowest BCUT2D eigenvalue weighted by Crippen LogP contribution is -1.82. The fourth-order valence-corrected chi connectivity index (χ4v) is 0.845. The Bertz CT molecular complexity index is 113. The second-order valence-corrected chi connectivity index (χ2v) is 1.96. The summed E-state index contributed by atoms with van der Waals surface area (Å²) in [6.45, 7) is 4.04. The van der Waals surface area contributed by atoms with E-state index < -0.39 is 0 Å². The van der Waals surface area contributed by atoms with Crippen LogP contribution in [0.5, 0.6) is 0 Å². The molecule has 1 N–H and O–H groups in total. The smallest absolute Gasteiger partial charge is 0.0965 e. The predicted octanol–water partition coefficient (Wildman–Crippen LogP) is 1.09. The summed E-state index contributed by atoms with van der Waals surface area (Å²) >= 11 is 0. The van der Waals surface area contributed by atoms with Gasteiger partial charge in [0.25, 0.3) is 0 Å². The lowest BCUT2D eigenvalue weighted by molar-refractivity contribution is 0.287. The standard InChI is InChI=1S/C6H10O/c1-3-5-4(2)6(5)7/h6-7H,3H2,1-2H3. The molecule has 40 valence electrons. The highest BCUT2D eigenvalue weighted by atomic mass is 16.3. The minimum absolute atomic E-state index is 0.134. The van der Waals surface area contributed by atoms with Crippen molar-refractivity contribution in [3.63, 3.8) is 0 Å². The first-order valence-corrected chi connectivity index (χ1v) is 2.65. The van der Waals surface area contributed by atoms with Crippen LogP contribution in [-0.2, 0) is 0 Å². The van der Waals surface area contributed by atoms with E-state index in [0.29, 0.717) is 0 Å². The van der Waals surface area contributed by atoms with E-state index in [-0.39, 0.29) is 6.10 Å². The maximum absolute atomic E-state index is 8.82. The van der Waals surface area contributed by atoms with Crippen molar-refractivity contribution in [1.29, 1.82) is 0 Å². The molecule has 0 saturated heterocycles. The van der Waals surface area contributed by atoms with Crippen LogP contribution < -0.4 is 0 Å². The van der Waals surface area contributed by atoms with E-state index in [0.717, 1.165) is 6.42 Å². The summed E-state index contributed by atoms with van der Waals surface area (Å²) in [5.41, 5.74) is 2.42. The van der Waals surface area contributed by atoms with E-state index in [4.69, 9.17) is 5.11 Å². The van der Waals surface area contributed by atoms with Crippen molar-refractivity contribution < 1.29 is 5.11 Å². The number of rotatable bonds is 1. The molecule has 0 saturated carbocycles. The van der Waals surface area contributed by atoms with Crippen LogP contribution in [0.3, 0.4) is 0 Å². The summed E-state index contributed by atoms with van der Waals surface area (Å²) in [6.07, 6.45) is 0.887. The molecule has 0 aromatic rings. The summed E-state index contributed by atoms with van der Waals surface area (Å²) in [5.74, 6) is 0. The molecule has 1 rings (SSSR count). The maximum atomic E-state index is 8.82. The lowest BCUT2D eigenvalue weighted by Gasteiger charge is -1.79. The highest BCUT2D eigenvalue weighted by Gasteiger charge is 2.27. The Hall–Kier alpha value is -0.300. The predicted molar refractivity (Wildman–Crippen MR) is 29.0 cm³/mol. The molecule has 0 spiro atoms. The number of hydrogen-bond donors (Lipinski definition) is 1. The quantitative estimate of drug-likeness (QED) is 0.487. The Morgan fingerprint density at radius 2 is 2.14 bits per heavy atom. The van der Waals surface area contributed by atoms with Gasteiger partial charge in [-0.15, -0.1) is 0 Å². The lowest BCUT2D eigenvalue weighted by atomic mass is 10.4. The van der Waals surface area contributed by atoms with E-state index in [9.17, 15) is 0 Å². The monoisotopic (exact) mass is 98.1 g/mol. The van der Waals surface area contributed by atoms with Crippen molar-refractivity contribution in [3.8, 4) is 0 Å². The summed E-state index contributed by atoms with van der Waals surface area (Å²) in [5, 5.41) is 8.82. The van der Waals surface area contributed by atoms with Crippen molar-refractivity contribution in [2.45, 2.75) is 26.4 Å². The molecule has 0 aromatic heterocycles. The van der Waals surface area contributed by atoms with E-state index >= 15 is 0 Å². The molecule has 1 aliphatic rings. The molecule has 0 radical (unpaired) electrons. The van der Waals surface area contributed by atoms with Gasteiger partial charge in [0.2, 0.25) is 0 Å². The van der Waals surface area contributed by atoms with Gasteiger partial charge in [0.15, 0.2) is 0 Å². The second kappa shape index (κ2) is 1.34. The van der Waals surface area contributed by atoms with Gasteiger partial charge >= 0.3 is 0 Å². The average Bonchev–Trinajstić information content (AvgIpc) is 2.17. The Morgan fingerprint density at radius 1 is 1.71 bits per heavy atom. The molecular weight excluding hydrogens is 88.1 g/mol. The minimum Gasteiger partial charge on any atom is -0.384 e. The van der Waals surface area contributed by atoms with Crippen LogP contribution in [0, 0.1) is 0 Å².